The first kappa shape index (κ1) is 31.8. The number of rotatable bonds is 15. The third-order valence-corrected chi connectivity index (χ3v) is 6.41. The first-order valence-corrected chi connectivity index (χ1v) is 12.1. The molecule has 0 aliphatic rings. The van der Waals surface area contributed by atoms with Crippen molar-refractivity contribution < 1.29 is 23.9 Å². The van der Waals surface area contributed by atoms with Gasteiger partial charge in [-0.05, 0) is 17.8 Å². The van der Waals surface area contributed by atoms with Crippen molar-refractivity contribution in [3.8, 4) is 0 Å². The predicted molar refractivity (Wildman–Crippen MR) is 132 cm³/mol. The molecule has 0 bridgehead atoms. The molecule has 0 fully saturated rings. The maximum Gasteiger partial charge on any atom is 0.245 e. The molecule has 0 saturated carbocycles. The first-order chi connectivity index (χ1) is 15.7. The molecule has 10 nitrogen and oxygen atoms in total. The van der Waals surface area contributed by atoms with Crippen molar-refractivity contribution in [3.05, 3.63) is 0 Å². The van der Waals surface area contributed by atoms with E-state index in [1.54, 1.807) is 19.0 Å². The second kappa shape index (κ2) is 14.9. The smallest absolute Gasteiger partial charge is 0.245 e. The number of nitrogens with two attached hydrogens (primary N) is 2. The lowest BCUT2D eigenvalue weighted by molar-refractivity contribution is -0.146. The van der Waals surface area contributed by atoms with Gasteiger partial charge in [0.05, 0.1) is 18.6 Å². The van der Waals surface area contributed by atoms with Gasteiger partial charge < -0.3 is 31.3 Å². The van der Waals surface area contributed by atoms with Crippen LogP contribution in [-0.2, 0) is 23.9 Å². The summed E-state index contributed by atoms with van der Waals surface area (Å²) in [7, 11) is 4.72. The summed E-state index contributed by atoms with van der Waals surface area (Å²) in [5.74, 6) is -1.81. The number of primary amides is 1. The number of nitrogens with one attached hydrogen (secondary N) is 1. The average molecular weight is 486 g/mol. The zero-order valence-corrected chi connectivity index (χ0v) is 22.5. The summed E-state index contributed by atoms with van der Waals surface area (Å²) in [6.45, 7) is 11.6. The molecule has 0 radical (unpaired) electrons. The lowest BCUT2D eigenvalue weighted by atomic mass is 9.89. The van der Waals surface area contributed by atoms with E-state index in [9.17, 15) is 19.2 Å². The fourth-order valence-corrected chi connectivity index (χ4v) is 4.28. The average Bonchev–Trinajstić information content (AvgIpc) is 2.75. The van der Waals surface area contributed by atoms with Gasteiger partial charge in [-0.25, -0.2) is 0 Å². The van der Waals surface area contributed by atoms with Crippen molar-refractivity contribution in [2.75, 3.05) is 27.7 Å². The van der Waals surface area contributed by atoms with E-state index in [0.717, 1.165) is 6.42 Å². The molecule has 0 aromatic rings. The summed E-state index contributed by atoms with van der Waals surface area (Å²) in [5, 5.41) is 2.88. The summed E-state index contributed by atoms with van der Waals surface area (Å²) < 4.78 is 5.55. The molecular formula is C24H47N5O5. The molecule has 4 amide bonds. The minimum absolute atomic E-state index is 0.0187. The van der Waals surface area contributed by atoms with Crippen LogP contribution in [0.1, 0.15) is 60.8 Å². The molecule has 5 atom stereocenters. The number of methoxy groups -OCH3 is 1. The van der Waals surface area contributed by atoms with Crippen LogP contribution in [0.15, 0.2) is 0 Å². The Morgan fingerprint density at radius 1 is 0.971 bits per heavy atom. The minimum atomic E-state index is -0.825. The number of hydrogen-bond donors (Lipinski definition) is 3. The van der Waals surface area contributed by atoms with E-state index < -0.39 is 36.0 Å². The quantitative estimate of drug-likeness (QED) is 0.311. The summed E-state index contributed by atoms with van der Waals surface area (Å²) in [4.78, 5) is 53.9. The molecule has 198 valence electrons. The van der Waals surface area contributed by atoms with Gasteiger partial charge in [0.15, 0.2) is 0 Å². The standard InChI is InChI=1S/C24H47N5O5/c1-10-16(6)22(17(34-9)13-18(26)30)29(8)24(33)20(14(2)3)27-23(32)21(15(4)5)28(7)19(31)11-12-25/h14-17,20-22H,10-13,25H2,1-9H3,(H2,26,30)(H,27,32)/t16-,17+,20-,21-,22-/m0/s1. The SMILES string of the molecule is CC[C@H](C)[C@@H]([C@@H](CC(N)=O)OC)N(C)C(=O)[C@@H](NC(=O)[C@H](C(C)C)N(C)C(=O)CCN)C(C)C. The number of amides is 4. The van der Waals surface area contributed by atoms with Crippen molar-refractivity contribution in [2.45, 2.75) is 85.0 Å². The van der Waals surface area contributed by atoms with Crippen molar-refractivity contribution in [1.82, 2.24) is 15.1 Å². The predicted octanol–water partition coefficient (Wildman–Crippen LogP) is 0.723. The Kier molecular flexibility index (Phi) is 14.0. The molecular weight excluding hydrogens is 438 g/mol. The fraction of sp³-hybridized carbons (Fsp3) is 0.833. The maximum atomic E-state index is 13.6. The summed E-state index contributed by atoms with van der Waals surface area (Å²) in [5.41, 5.74) is 10.9. The van der Waals surface area contributed by atoms with Crippen LogP contribution in [0.4, 0.5) is 0 Å². The molecule has 10 heteroatoms. The number of nitrogens with zero attached hydrogens (tertiary/aromatic N) is 2. The van der Waals surface area contributed by atoms with Crippen LogP contribution in [0.5, 0.6) is 0 Å². The molecule has 0 aliphatic carbocycles. The van der Waals surface area contributed by atoms with Crippen molar-refractivity contribution >= 4 is 23.6 Å². The number of ether oxygens (including phenoxy) is 1. The van der Waals surface area contributed by atoms with Gasteiger partial charge in [-0.1, -0.05) is 48.0 Å². The van der Waals surface area contributed by atoms with E-state index in [4.69, 9.17) is 16.2 Å². The molecule has 0 aliphatic heterocycles. The summed E-state index contributed by atoms with van der Waals surface area (Å²) in [6, 6.07) is -1.98. The van der Waals surface area contributed by atoms with E-state index in [1.165, 1.54) is 12.0 Å². The second-order valence-electron chi connectivity index (χ2n) is 9.73. The van der Waals surface area contributed by atoms with Gasteiger partial charge in [0, 0.05) is 34.2 Å². The maximum absolute atomic E-state index is 13.6. The van der Waals surface area contributed by atoms with E-state index in [2.05, 4.69) is 5.32 Å². The third kappa shape index (κ3) is 8.87. The second-order valence-corrected chi connectivity index (χ2v) is 9.73. The van der Waals surface area contributed by atoms with E-state index in [0.29, 0.717) is 0 Å². The van der Waals surface area contributed by atoms with E-state index in [1.807, 2.05) is 41.5 Å². The highest BCUT2D eigenvalue weighted by molar-refractivity contribution is 5.92. The molecule has 34 heavy (non-hydrogen) atoms. The molecule has 0 aromatic carbocycles. The van der Waals surface area contributed by atoms with Gasteiger partial charge in [0.25, 0.3) is 0 Å². The van der Waals surface area contributed by atoms with Crippen LogP contribution in [0.25, 0.3) is 0 Å². The lowest BCUT2D eigenvalue weighted by Crippen LogP contribution is -2.60. The Balaban J connectivity index is 5.95. The number of carbonyl (C=O) groups excluding carboxylic acids is 4. The van der Waals surface area contributed by atoms with Crippen molar-refractivity contribution in [2.24, 2.45) is 29.2 Å². The Hall–Kier alpha value is -2.20. The Morgan fingerprint density at radius 3 is 1.91 bits per heavy atom. The van der Waals surface area contributed by atoms with Crippen LogP contribution in [0.3, 0.4) is 0 Å². The fourth-order valence-electron chi connectivity index (χ4n) is 4.28. The van der Waals surface area contributed by atoms with Gasteiger partial charge in [-0.15, -0.1) is 0 Å². The number of likely N-dealkylation sites (N-methyl/N-ethyl adjacent to an activating group) is 2. The van der Waals surface area contributed by atoms with Crippen LogP contribution < -0.4 is 16.8 Å². The van der Waals surface area contributed by atoms with Crippen LogP contribution in [-0.4, -0.2) is 85.4 Å². The van der Waals surface area contributed by atoms with Gasteiger partial charge in [-0.2, -0.15) is 0 Å². The molecule has 0 unspecified atom stereocenters. The number of hydrogen-bond acceptors (Lipinski definition) is 6. The molecule has 0 heterocycles. The Bertz CT molecular complexity index is 685. The normalized spacial score (nSPS) is 15.9. The van der Waals surface area contributed by atoms with E-state index in [-0.39, 0.29) is 49.0 Å². The van der Waals surface area contributed by atoms with Crippen molar-refractivity contribution in [1.29, 1.82) is 0 Å². The van der Waals surface area contributed by atoms with Gasteiger partial charge in [-0.3, -0.25) is 19.2 Å². The molecule has 0 rings (SSSR count). The lowest BCUT2D eigenvalue weighted by Gasteiger charge is -2.40. The summed E-state index contributed by atoms with van der Waals surface area (Å²) in [6.07, 6.45) is 0.291. The Morgan fingerprint density at radius 2 is 1.53 bits per heavy atom. The molecule has 0 aromatic heterocycles. The molecule has 5 N–H and O–H groups in total. The highest BCUT2D eigenvalue weighted by atomic mass is 16.5. The zero-order chi connectivity index (χ0) is 26.7. The van der Waals surface area contributed by atoms with Crippen LogP contribution >= 0.6 is 0 Å². The van der Waals surface area contributed by atoms with E-state index >= 15 is 0 Å². The zero-order valence-electron chi connectivity index (χ0n) is 22.5. The van der Waals surface area contributed by atoms with Gasteiger partial charge in [0.1, 0.15) is 12.1 Å². The van der Waals surface area contributed by atoms with Crippen molar-refractivity contribution in [3.63, 3.8) is 0 Å². The Labute approximate surface area is 205 Å². The van der Waals surface area contributed by atoms with Gasteiger partial charge >= 0.3 is 0 Å². The van der Waals surface area contributed by atoms with Crippen LogP contribution in [0, 0.1) is 17.8 Å². The monoisotopic (exact) mass is 485 g/mol. The highest BCUT2D eigenvalue weighted by Crippen LogP contribution is 2.23. The minimum Gasteiger partial charge on any atom is -0.379 e. The summed E-state index contributed by atoms with van der Waals surface area (Å²) >= 11 is 0. The molecule has 0 spiro atoms. The molecule has 0 saturated heterocycles. The first-order valence-electron chi connectivity index (χ1n) is 12.1. The highest BCUT2D eigenvalue weighted by Gasteiger charge is 2.39. The topological polar surface area (TPSA) is 148 Å². The van der Waals surface area contributed by atoms with Crippen LogP contribution in [0.2, 0.25) is 0 Å². The third-order valence-electron chi connectivity index (χ3n) is 6.41. The van der Waals surface area contributed by atoms with Gasteiger partial charge in [0.2, 0.25) is 23.6 Å². The largest absolute Gasteiger partial charge is 0.379 e. The number of carbonyl (C=O) groups is 4.